The van der Waals surface area contributed by atoms with E-state index in [0.717, 1.165) is 32.8 Å². The van der Waals surface area contributed by atoms with E-state index in [-0.39, 0.29) is 0 Å². The molecule has 0 heterocycles. The van der Waals surface area contributed by atoms with Crippen molar-refractivity contribution < 1.29 is 4.74 Å². The van der Waals surface area contributed by atoms with Crippen LogP contribution >= 0.6 is 0 Å². The summed E-state index contributed by atoms with van der Waals surface area (Å²) in [6, 6.07) is 0.584. The molecule has 0 fully saturated rings. The third-order valence-electron chi connectivity index (χ3n) is 2.23. The Kier molecular flexibility index (Phi) is 8.40. The van der Waals surface area contributed by atoms with Crippen molar-refractivity contribution in [3.8, 4) is 0 Å². The van der Waals surface area contributed by atoms with Crippen molar-refractivity contribution in [3.05, 3.63) is 0 Å². The van der Waals surface area contributed by atoms with Crippen LogP contribution in [-0.2, 0) is 4.74 Å². The van der Waals surface area contributed by atoms with Crippen LogP contribution in [0.2, 0.25) is 0 Å². The maximum absolute atomic E-state index is 5.30. The molecule has 0 aromatic heterocycles. The molecule has 0 spiro atoms. The van der Waals surface area contributed by atoms with E-state index in [0.29, 0.717) is 6.04 Å². The van der Waals surface area contributed by atoms with Crippen molar-refractivity contribution >= 4 is 0 Å². The number of hydrogen-bond acceptors (Lipinski definition) is 3. The third kappa shape index (κ3) is 6.99. The van der Waals surface area contributed by atoms with Crippen LogP contribution in [0.4, 0.5) is 0 Å². The van der Waals surface area contributed by atoms with Crippen LogP contribution < -0.4 is 5.32 Å². The average Bonchev–Trinajstić information content (AvgIpc) is 2.14. The van der Waals surface area contributed by atoms with E-state index in [2.05, 4.69) is 31.1 Å². The molecule has 3 nitrogen and oxygen atoms in total. The van der Waals surface area contributed by atoms with Crippen molar-refractivity contribution in [3.63, 3.8) is 0 Å². The van der Waals surface area contributed by atoms with Crippen LogP contribution in [0.1, 0.15) is 20.8 Å². The van der Waals surface area contributed by atoms with Gasteiger partial charge in [0.25, 0.3) is 0 Å². The summed E-state index contributed by atoms with van der Waals surface area (Å²) in [5.74, 6) is 0. The molecule has 0 rings (SSSR count). The van der Waals surface area contributed by atoms with Crippen molar-refractivity contribution in [1.82, 2.24) is 10.2 Å². The molecular formula is C10H24N2O. The molecule has 0 aliphatic rings. The number of nitrogens with zero attached hydrogens (tertiary/aromatic N) is 1. The Labute approximate surface area is 82.4 Å². The molecule has 13 heavy (non-hydrogen) atoms. The second kappa shape index (κ2) is 8.48. The second-order valence-electron chi connectivity index (χ2n) is 3.33. The van der Waals surface area contributed by atoms with Crippen LogP contribution in [0, 0.1) is 0 Å². The zero-order chi connectivity index (χ0) is 10.1. The van der Waals surface area contributed by atoms with E-state index >= 15 is 0 Å². The summed E-state index contributed by atoms with van der Waals surface area (Å²) < 4.78 is 5.30. The first-order chi connectivity index (χ1) is 6.22. The van der Waals surface area contributed by atoms with Gasteiger partial charge in [-0.1, -0.05) is 6.92 Å². The lowest BCUT2D eigenvalue weighted by atomic mass is 10.3. The van der Waals surface area contributed by atoms with Gasteiger partial charge in [-0.05, 0) is 27.4 Å². The Morgan fingerprint density at radius 2 is 2.08 bits per heavy atom. The van der Waals surface area contributed by atoms with Gasteiger partial charge in [-0.3, -0.25) is 0 Å². The highest BCUT2D eigenvalue weighted by molar-refractivity contribution is 4.65. The Morgan fingerprint density at radius 3 is 2.62 bits per heavy atom. The highest BCUT2D eigenvalue weighted by Crippen LogP contribution is 1.93. The largest absolute Gasteiger partial charge is 0.380 e. The minimum absolute atomic E-state index is 0.584. The zero-order valence-electron chi connectivity index (χ0n) is 9.47. The van der Waals surface area contributed by atoms with Gasteiger partial charge in [-0.2, -0.15) is 0 Å². The zero-order valence-corrected chi connectivity index (χ0v) is 9.47. The SMILES string of the molecule is CCNCC(C)N(C)CCOCC. The number of ether oxygens (including phenoxy) is 1. The number of hydrogen-bond donors (Lipinski definition) is 1. The fraction of sp³-hybridized carbons (Fsp3) is 1.00. The van der Waals surface area contributed by atoms with E-state index < -0.39 is 0 Å². The fourth-order valence-corrected chi connectivity index (χ4v) is 1.08. The van der Waals surface area contributed by atoms with Gasteiger partial charge in [-0.15, -0.1) is 0 Å². The molecule has 0 aromatic carbocycles. The van der Waals surface area contributed by atoms with Gasteiger partial charge >= 0.3 is 0 Å². The summed E-state index contributed by atoms with van der Waals surface area (Å²) in [6.45, 7) is 11.2. The molecule has 0 aromatic rings. The Hall–Kier alpha value is -0.120. The van der Waals surface area contributed by atoms with E-state index in [1.165, 1.54) is 0 Å². The number of likely N-dealkylation sites (N-methyl/N-ethyl adjacent to an activating group) is 2. The van der Waals surface area contributed by atoms with Gasteiger partial charge < -0.3 is 15.0 Å². The highest BCUT2D eigenvalue weighted by Gasteiger charge is 2.06. The van der Waals surface area contributed by atoms with Crippen molar-refractivity contribution in [2.75, 3.05) is 39.9 Å². The van der Waals surface area contributed by atoms with E-state index in [4.69, 9.17) is 4.74 Å². The van der Waals surface area contributed by atoms with Crippen LogP contribution in [-0.4, -0.2) is 50.8 Å². The van der Waals surface area contributed by atoms with E-state index in [1.54, 1.807) is 0 Å². The van der Waals surface area contributed by atoms with Crippen LogP contribution in [0.5, 0.6) is 0 Å². The molecule has 0 saturated heterocycles. The maximum atomic E-state index is 5.30. The standard InChI is InChI=1S/C10H24N2O/c1-5-11-9-10(3)12(4)7-8-13-6-2/h10-11H,5-9H2,1-4H3. The van der Waals surface area contributed by atoms with Crippen LogP contribution in [0.25, 0.3) is 0 Å². The molecule has 1 unspecified atom stereocenters. The van der Waals surface area contributed by atoms with Gasteiger partial charge in [0.15, 0.2) is 0 Å². The first-order valence-corrected chi connectivity index (χ1v) is 5.21. The molecule has 80 valence electrons. The van der Waals surface area contributed by atoms with E-state index in [1.807, 2.05) is 6.92 Å². The summed E-state index contributed by atoms with van der Waals surface area (Å²) in [5, 5.41) is 3.34. The van der Waals surface area contributed by atoms with Gasteiger partial charge in [-0.25, -0.2) is 0 Å². The number of rotatable bonds is 8. The molecular weight excluding hydrogens is 164 g/mol. The lowest BCUT2D eigenvalue weighted by Crippen LogP contribution is -2.39. The topological polar surface area (TPSA) is 24.5 Å². The normalized spacial score (nSPS) is 13.6. The monoisotopic (exact) mass is 188 g/mol. The van der Waals surface area contributed by atoms with E-state index in [9.17, 15) is 0 Å². The summed E-state index contributed by atoms with van der Waals surface area (Å²) in [5.41, 5.74) is 0. The molecule has 3 heteroatoms. The Balaban J connectivity index is 3.38. The lowest BCUT2D eigenvalue weighted by molar-refractivity contribution is 0.110. The van der Waals surface area contributed by atoms with Crippen molar-refractivity contribution in [2.45, 2.75) is 26.8 Å². The predicted molar refractivity (Wildman–Crippen MR) is 57.1 cm³/mol. The summed E-state index contributed by atoms with van der Waals surface area (Å²) >= 11 is 0. The van der Waals surface area contributed by atoms with Crippen LogP contribution in [0.15, 0.2) is 0 Å². The van der Waals surface area contributed by atoms with Crippen molar-refractivity contribution in [2.24, 2.45) is 0 Å². The smallest absolute Gasteiger partial charge is 0.0593 e. The Morgan fingerprint density at radius 1 is 1.38 bits per heavy atom. The molecule has 0 bridgehead atoms. The average molecular weight is 188 g/mol. The van der Waals surface area contributed by atoms with Gasteiger partial charge in [0.1, 0.15) is 0 Å². The number of nitrogens with one attached hydrogen (secondary N) is 1. The lowest BCUT2D eigenvalue weighted by Gasteiger charge is -2.24. The summed E-state index contributed by atoms with van der Waals surface area (Å²) in [7, 11) is 2.14. The molecule has 0 amide bonds. The third-order valence-corrected chi connectivity index (χ3v) is 2.23. The molecule has 1 atom stereocenters. The minimum atomic E-state index is 0.584. The molecule has 0 aliphatic heterocycles. The first kappa shape index (κ1) is 12.9. The molecule has 0 saturated carbocycles. The van der Waals surface area contributed by atoms with Gasteiger partial charge in [0.2, 0.25) is 0 Å². The van der Waals surface area contributed by atoms with Gasteiger partial charge in [0, 0.05) is 25.7 Å². The minimum Gasteiger partial charge on any atom is -0.380 e. The van der Waals surface area contributed by atoms with Crippen LogP contribution in [0.3, 0.4) is 0 Å². The predicted octanol–water partition coefficient (Wildman–Crippen LogP) is 0.953. The summed E-state index contributed by atoms with van der Waals surface area (Å²) in [6.07, 6.45) is 0. The molecule has 0 aliphatic carbocycles. The second-order valence-corrected chi connectivity index (χ2v) is 3.33. The Bertz CT molecular complexity index is 109. The molecule has 0 radical (unpaired) electrons. The molecule has 1 N–H and O–H groups in total. The first-order valence-electron chi connectivity index (χ1n) is 5.21. The van der Waals surface area contributed by atoms with Crippen molar-refractivity contribution in [1.29, 1.82) is 0 Å². The maximum Gasteiger partial charge on any atom is 0.0593 e. The fourth-order valence-electron chi connectivity index (χ4n) is 1.08. The highest BCUT2D eigenvalue weighted by atomic mass is 16.5. The van der Waals surface area contributed by atoms with Gasteiger partial charge in [0.05, 0.1) is 6.61 Å². The quantitative estimate of drug-likeness (QED) is 0.574. The summed E-state index contributed by atoms with van der Waals surface area (Å²) in [4.78, 5) is 2.32.